The monoisotopic (exact) mass is 503 g/mol. The van der Waals surface area contributed by atoms with Crippen LogP contribution in [-0.4, -0.2) is 55.6 Å². The molecular weight excluding hydrogens is 474 g/mol. The van der Waals surface area contributed by atoms with Crippen molar-refractivity contribution in [2.24, 2.45) is 7.05 Å². The van der Waals surface area contributed by atoms with Crippen molar-refractivity contribution in [1.29, 1.82) is 0 Å². The third-order valence-electron chi connectivity index (χ3n) is 5.92. The molecule has 0 atom stereocenters. The molecule has 0 bridgehead atoms. The summed E-state index contributed by atoms with van der Waals surface area (Å²) in [4.78, 5) is 22.6. The Hall–Kier alpha value is -4.53. The van der Waals surface area contributed by atoms with Crippen LogP contribution in [0.15, 0.2) is 42.7 Å². The van der Waals surface area contributed by atoms with Crippen molar-refractivity contribution < 1.29 is 28.5 Å². The van der Waals surface area contributed by atoms with Crippen LogP contribution in [0.2, 0.25) is 0 Å². The standard InChI is InChI=1S/C28H29N3O6/c1-7-37-28(32)27-19(9-11-25-29-12-13-31(25)2)30-20-16-24(36-6)23(35-5)15-18(20)26(27)17-8-10-21(33-3)22(14-17)34-4/h8-16H,7H2,1-6H3/b11-9+. The summed E-state index contributed by atoms with van der Waals surface area (Å²) in [6.45, 7) is 1.97. The predicted octanol–water partition coefficient (Wildman–Crippen LogP) is 5.02. The molecule has 0 radical (unpaired) electrons. The Morgan fingerprint density at radius 2 is 1.59 bits per heavy atom. The van der Waals surface area contributed by atoms with E-state index in [0.29, 0.717) is 62.1 Å². The number of ether oxygens (including phenoxy) is 5. The van der Waals surface area contributed by atoms with Gasteiger partial charge in [0.1, 0.15) is 5.82 Å². The molecule has 0 N–H and O–H groups in total. The summed E-state index contributed by atoms with van der Waals surface area (Å²) in [7, 11) is 8.14. The molecule has 0 aliphatic carbocycles. The first-order valence-corrected chi connectivity index (χ1v) is 11.6. The molecule has 0 aliphatic rings. The molecule has 2 aromatic heterocycles. The van der Waals surface area contributed by atoms with E-state index < -0.39 is 5.97 Å². The Bertz CT molecular complexity index is 1470. The first-order chi connectivity index (χ1) is 17.9. The van der Waals surface area contributed by atoms with E-state index in [-0.39, 0.29) is 6.61 Å². The molecule has 0 fully saturated rings. The van der Waals surface area contributed by atoms with Gasteiger partial charge in [-0.05, 0) is 42.8 Å². The molecule has 4 rings (SSSR count). The highest BCUT2D eigenvalue weighted by molar-refractivity contribution is 6.10. The van der Waals surface area contributed by atoms with Gasteiger partial charge in [0.2, 0.25) is 0 Å². The number of aromatic nitrogens is 3. The van der Waals surface area contributed by atoms with Crippen LogP contribution in [0.25, 0.3) is 34.2 Å². The Labute approximate surface area is 215 Å². The van der Waals surface area contributed by atoms with Gasteiger partial charge in [-0.25, -0.2) is 14.8 Å². The van der Waals surface area contributed by atoms with Crippen molar-refractivity contribution in [2.75, 3.05) is 35.0 Å². The summed E-state index contributed by atoms with van der Waals surface area (Å²) in [5, 5.41) is 0.682. The second-order valence-electron chi connectivity index (χ2n) is 7.99. The molecule has 0 unspecified atom stereocenters. The first-order valence-electron chi connectivity index (χ1n) is 11.6. The molecule has 0 amide bonds. The number of hydrogen-bond acceptors (Lipinski definition) is 8. The predicted molar refractivity (Wildman–Crippen MR) is 141 cm³/mol. The zero-order chi connectivity index (χ0) is 26.5. The molecule has 2 heterocycles. The zero-order valence-electron chi connectivity index (χ0n) is 21.7. The number of pyridine rings is 1. The number of imidazole rings is 1. The summed E-state index contributed by atoms with van der Waals surface area (Å²) in [5.74, 6) is 2.31. The van der Waals surface area contributed by atoms with Crippen molar-refractivity contribution in [1.82, 2.24) is 14.5 Å². The van der Waals surface area contributed by atoms with Crippen molar-refractivity contribution in [3.05, 3.63) is 59.8 Å². The SMILES string of the molecule is CCOC(=O)c1c(/C=C/c2nccn2C)nc2cc(OC)c(OC)cc2c1-c1ccc(OC)c(OC)c1. The molecule has 9 nitrogen and oxygen atoms in total. The Kier molecular flexibility index (Phi) is 7.62. The fourth-order valence-corrected chi connectivity index (χ4v) is 4.12. The van der Waals surface area contributed by atoms with E-state index >= 15 is 0 Å². The lowest BCUT2D eigenvalue weighted by molar-refractivity contribution is 0.0526. The highest BCUT2D eigenvalue weighted by Crippen LogP contribution is 2.42. The summed E-state index contributed by atoms with van der Waals surface area (Å²) in [6.07, 6.45) is 7.10. The molecule has 9 heteroatoms. The van der Waals surface area contributed by atoms with Gasteiger partial charge >= 0.3 is 5.97 Å². The van der Waals surface area contributed by atoms with Crippen molar-refractivity contribution in [3.63, 3.8) is 0 Å². The number of benzene rings is 2. The molecule has 0 aliphatic heterocycles. The van der Waals surface area contributed by atoms with Gasteiger partial charge in [-0.3, -0.25) is 0 Å². The number of rotatable bonds is 9. The van der Waals surface area contributed by atoms with E-state index in [9.17, 15) is 4.79 Å². The topological polar surface area (TPSA) is 93.9 Å². The fourth-order valence-electron chi connectivity index (χ4n) is 4.12. The number of fused-ring (bicyclic) bond motifs is 1. The maximum atomic E-state index is 13.5. The van der Waals surface area contributed by atoms with Crippen LogP contribution in [0.5, 0.6) is 23.0 Å². The highest BCUT2D eigenvalue weighted by Gasteiger charge is 2.25. The number of aryl methyl sites for hydroxylation is 1. The maximum Gasteiger partial charge on any atom is 0.340 e. The van der Waals surface area contributed by atoms with Gasteiger partial charge in [0, 0.05) is 36.5 Å². The summed E-state index contributed by atoms with van der Waals surface area (Å²) in [6, 6.07) is 9.06. The van der Waals surface area contributed by atoms with Gasteiger partial charge in [0.25, 0.3) is 0 Å². The van der Waals surface area contributed by atoms with Crippen LogP contribution in [0.3, 0.4) is 0 Å². The fraction of sp³-hybridized carbons (Fsp3) is 0.250. The lowest BCUT2D eigenvalue weighted by Crippen LogP contribution is -2.11. The normalized spacial score (nSPS) is 11.1. The maximum absolute atomic E-state index is 13.5. The second kappa shape index (κ2) is 11.0. The number of esters is 1. The summed E-state index contributed by atoms with van der Waals surface area (Å²) >= 11 is 0. The molecule has 37 heavy (non-hydrogen) atoms. The van der Waals surface area contributed by atoms with Crippen molar-refractivity contribution >= 4 is 29.0 Å². The number of carbonyl (C=O) groups excluding carboxylic acids is 1. The minimum absolute atomic E-state index is 0.205. The third kappa shape index (κ3) is 4.93. The second-order valence-corrected chi connectivity index (χ2v) is 7.99. The van der Waals surface area contributed by atoms with Crippen LogP contribution in [0, 0.1) is 0 Å². The smallest absolute Gasteiger partial charge is 0.340 e. The van der Waals surface area contributed by atoms with Crippen molar-refractivity contribution in [2.45, 2.75) is 6.92 Å². The van der Waals surface area contributed by atoms with E-state index in [1.54, 1.807) is 65.8 Å². The number of hydrogen-bond donors (Lipinski definition) is 0. The van der Waals surface area contributed by atoms with Gasteiger partial charge in [-0.2, -0.15) is 0 Å². The lowest BCUT2D eigenvalue weighted by atomic mass is 9.93. The molecule has 0 spiro atoms. The summed E-state index contributed by atoms with van der Waals surface area (Å²) < 4.78 is 29.4. The number of methoxy groups -OCH3 is 4. The zero-order valence-corrected chi connectivity index (χ0v) is 21.7. The van der Waals surface area contributed by atoms with E-state index in [1.807, 2.05) is 36.0 Å². The third-order valence-corrected chi connectivity index (χ3v) is 5.92. The molecule has 192 valence electrons. The minimum atomic E-state index is -0.504. The van der Waals surface area contributed by atoms with Gasteiger partial charge in [0.05, 0.1) is 51.8 Å². The average Bonchev–Trinajstić information content (AvgIpc) is 3.34. The molecule has 4 aromatic rings. The van der Waals surface area contributed by atoms with Gasteiger partial charge in [-0.1, -0.05) is 6.07 Å². The Balaban J connectivity index is 2.11. The van der Waals surface area contributed by atoms with Crippen LogP contribution >= 0.6 is 0 Å². The van der Waals surface area contributed by atoms with E-state index in [4.69, 9.17) is 28.7 Å². The first kappa shape index (κ1) is 25.6. The summed E-state index contributed by atoms with van der Waals surface area (Å²) in [5.41, 5.74) is 2.66. The van der Waals surface area contributed by atoms with E-state index in [2.05, 4.69) is 4.98 Å². The number of carbonyl (C=O) groups is 1. The average molecular weight is 504 g/mol. The van der Waals surface area contributed by atoms with Gasteiger partial charge < -0.3 is 28.3 Å². The minimum Gasteiger partial charge on any atom is -0.493 e. The van der Waals surface area contributed by atoms with Crippen LogP contribution < -0.4 is 18.9 Å². The Morgan fingerprint density at radius 3 is 2.22 bits per heavy atom. The Morgan fingerprint density at radius 1 is 0.919 bits per heavy atom. The van der Waals surface area contributed by atoms with Gasteiger partial charge in [-0.15, -0.1) is 0 Å². The molecule has 0 saturated heterocycles. The van der Waals surface area contributed by atoms with Crippen LogP contribution in [-0.2, 0) is 11.8 Å². The molecule has 2 aromatic carbocycles. The number of nitrogens with zero attached hydrogens (tertiary/aromatic N) is 3. The lowest BCUT2D eigenvalue weighted by Gasteiger charge is -2.18. The molecule has 0 saturated carbocycles. The quantitative estimate of drug-likeness (QED) is 0.294. The highest BCUT2D eigenvalue weighted by atomic mass is 16.5. The van der Waals surface area contributed by atoms with Gasteiger partial charge in [0.15, 0.2) is 23.0 Å². The van der Waals surface area contributed by atoms with Crippen LogP contribution in [0.4, 0.5) is 0 Å². The van der Waals surface area contributed by atoms with E-state index in [0.717, 1.165) is 0 Å². The largest absolute Gasteiger partial charge is 0.493 e. The molecular formula is C28H29N3O6. The van der Waals surface area contributed by atoms with E-state index in [1.165, 1.54) is 0 Å². The van der Waals surface area contributed by atoms with Crippen LogP contribution in [0.1, 0.15) is 28.8 Å². The van der Waals surface area contributed by atoms with Crippen molar-refractivity contribution in [3.8, 4) is 34.1 Å².